The van der Waals surface area contributed by atoms with E-state index in [1.807, 2.05) is 25.1 Å². The molecule has 0 aliphatic carbocycles. The standard InChI is InChI=1S/C11H12N2O2/c1-9-5-3-4-6-10(9)15-11(14)13(2)8-7-12/h3-6H,8H2,1-2H3. The number of para-hydroxylation sites is 1. The summed E-state index contributed by atoms with van der Waals surface area (Å²) in [7, 11) is 1.52. The van der Waals surface area contributed by atoms with Gasteiger partial charge in [-0.15, -0.1) is 0 Å². The number of hydrogen-bond acceptors (Lipinski definition) is 3. The molecule has 0 radical (unpaired) electrons. The van der Waals surface area contributed by atoms with Crippen molar-refractivity contribution < 1.29 is 9.53 Å². The number of rotatable bonds is 2. The Kier molecular flexibility index (Phi) is 3.69. The minimum absolute atomic E-state index is 0.0186. The average Bonchev–Trinajstić information content (AvgIpc) is 2.21. The summed E-state index contributed by atoms with van der Waals surface area (Å²) >= 11 is 0. The molecule has 0 aliphatic rings. The summed E-state index contributed by atoms with van der Waals surface area (Å²) in [6.45, 7) is 1.87. The van der Waals surface area contributed by atoms with Crippen molar-refractivity contribution in [2.24, 2.45) is 0 Å². The number of aryl methyl sites for hydroxylation is 1. The largest absolute Gasteiger partial charge is 0.415 e. The molecule has 0 heterocycles. The predicted molar refractivity (Wildman–Crippen MR) is 55.4 cm³/mol. The van der Waals surface area contributed by atoms with Crippen molar-refractivity contribution in [2.75, 3.05) is 13.6 Å². The van der Waals surface area contributed by atoms with Gasteiger partial charge in [0, 0.05) is 7.05 Å². The van der Waals surface area contributed by atoms with Gasteiger partial charge in [0.05, 0.1) is 6.07 Å². The maximum Gasteiger partial charge on any atom is 0.415 e. The molecule has 0 aromatic heterocycles. The summed E-state index contributed by atoms with van der Waals surface area (Å²) in [5, 5.41) is 8.41. The fourth-order valence-corrected chi connectivity index (χ4v) is 1.01. The zero-order chi connectivity index (χ0) is 11.3. The minimum Gasteiger partial charge on any atom is -0.410 e. The van der Waals surface area contributed by atoms with E-state index in [0.717, 1.165) is 5.56 Å². The van der Waals surface area contributed by atoms with Crippen LogP contribution >= 0.6 is 0 Å². The molecule has 0 saturated carbocycles. The van der Waals surface area contributed by atoms with Crippen molar-refractivity contribution in [2.45, 2.75) is 6.92 Å². The highest BCUT2D eigenvalue weighted by Crippen LogP contribution is 2.16. The highest BCUT2D eigenvalue weighted by atomic mass is 16.6. The molecule has 1 aromatic carbocycles. The topological polar surface area (TPSA) is 53.3 Å². The molecule has 0 bridgehead atoms. The molecule has 4 nitrogen and oxygen atoms in total. The summed E-state index contributed by atoms with van der Waals surface area (Å²) in [5.41, 5.74) is 0.885. The quantitative estimate of drug-likeness (QED) is 0.692. The summed E-state index contributed by atoms with van der Waals surface area (Å²) < 4.78 is 5.10. The number of carbonyl (C=O) groups excluding carboxylic acids is 1. The summed E-state index contributed by atoms with van der Waals surface area (Å²) in [4.78, 5) is 12.6. The maximum atomic E-state index is 11.4. The number of amides is 1. The monoisotopic (exact) mass is 204 g/mol. The van der Waals surface area contributed by atoms with Crippen molar-refractivity contribution in [1.82, 2.24) is 4.90 Å². The maximum absolute atomic E-state index is 11.4. The van der Waals surface area contributed by atoms with E-state index in [4.69, 9.17) is 10.00 Å². The van der Waals surface area contributed by atoms with Crippen LogP contribution in [0.5, 0.6) is 5.75 Å². The first kappa shape index (κ1) is 11.1. The van der Waals surface area contributed by atoms with Crippen LogP contribution in [0.2, 0.25) is 0 Å². The molecule has 78 valence electrons. The molecule has 4 heteroatoms. The molecular formula is C11H12N2O2. The van der Waals surface area contributed by atoms with Crippen LogP contribution in [0.3, 0.4) is 0 Å². The molecule has 15 heavy (non-hydrogen) atoms. The lowest BCUT2D eigenvalue weighted by Crippen LogP contribution is -2.30. The first-order valence-electron chi connectivity index (χ1n) is 4.50. The van der Waals surface area contributed by atoms with E-state index in [0.29, 0.717) is 5.75 Å². The van der Waals surface area contributed by atoms with Gasteiger partial charge in [0.15, 0.2) is 0 Å². The van der Waals surface area contributed by atoms with Gasteiger partial charge in [-0.3, -0.25) is 4.90 Å². The first-order chi connectivity index (χ1) is 7.15. The fraction of sp³-hybridized carbons (Fsp3) is 0.273. The van der Waals surface area contributed by atoms with Gasteiger partial charge in [-0.2, -0.15) is 5.26 Å². The third kappa shape index (κ3) is 2.99. The lowest BCUT2D eigenvalue weighted by atomic mass is 10.2. The van der Waals surface area contributed by atoms with Gasteiger partial charge in [-0.05, 0) is 18.6 Å². The Morgan fingerprint density at radius 3 is 2.80 bits per heavy atom. The molecule has 1 amide bonds. The van der Waals surface area contributed by atoms with E-state index >= 15 is 0 Å². The van der Waals surface area contributed by atoms with Crippen LogP contribution in [0.4, 0.5) is 4.79 Å². The second-order valence-corrected chi connectivity index (χ2v) is 3.15. The molecule has 1 aromatic rings. The Bertz CT molecular complexity index is 396. The van der Waals surface area contributed by atoms with Crippen molar-refractivity contribution in [1.29, 1.82) is 5.26 Å². The van der Waals surface area contributed by atoms with Gasteiger partial charge >= 0.3 is 6.09 Å². The number of benzene rings is 1. The van der Waals surface area contributed by atoms with E-state index in [2.05, 4.69) is 0 Å². The third-order valence-corrected chi connectivity index (χ3v) is 1.91. The molecule has 0 N–H and O–H groups in total. The average molecular weight is 204 g/mol. The van der Waals surface area contributed by atoms with Crippen LogP contribution in [0.15, 0.2) is 24.3 Å². The summed E-state index contributed by atoms with van der Waals surface area (Å²) in [6.07, 6.45) is -0.522. The number of nitrogens with zero attached hydrogens (tertiary/aromatic N) is 2. The van der Waals surface area contributed by atoms with Gasteiger partial charge in [0.1, 0.15) is 12.3 Å². The second kappa shape index (κ2) is 5.01. The van der Waals surface area contributed by atoms with Gasteiger partial charge < -0.3 is 4.74 Å². The fourth-order valence-electron chi connectivity index (χ4n) is 1.01. The molecule has 0 unspecified atom stereocenters. The molecule has 0 saturated heterocycles. The van der Waals surface area contributed by atoms with Crippen LogP contribution < -0.4 is 4.74 Å². The van der Waals surface area contributed by atoms with E-state index in [1.165, 1.54) is 11.9 Å². The zero-order valence-corrected chi connectivity index (χ0v) is 8.73. The van der Waals surface area contributed by atoms with Gasteiger partial charge in [0.2, 0.25) is 0 Å². The number of carbonyl (C=O) groups is 1. The third-order valence-electron chi connectivity index (χ3n) is 1.91. The number of hydrogen-bond donors (Lipinski definition) is 0. The Morgan fingerprint density at radius 1 is 1.53 bits per heavy atom. The molecular weight excluding hydrogens is 192 g/mol. The minimum atomic E-state index is -0.522. The van der Waals surface area contributed by atoms with Crippen LogP contribution in [0.1, 0.15) is 5.56 Å². The Morgan fingerprint density at radius 2 is 2.20 bits per heavy atom. The van der Waals surface area contributed by atoms with Crippen molar-refractivity contribution in [3.05, 3.63) is 29.8 Å². The Balaban J connectivity index is 2.67. The molecule has 0 atom stereocenters. The van der Waals surface area contributed by atoms with Crippen LogP contribution in [-0.4, -0.2) is 24.6 Å². The first-order valence-corrected chi connectivity index (χ1v) is 4.50. The van der Waals surface area contributed by atoms with Crippen molar-refractivity contribution in [3.63, 3.8) is 0 Å². The SMILES string of the molecule is Cc1ccccc1OC(=O)N(C)CC#N. The number of nitriles is 1. The smallest absolute Gasteiger partial charge is 0.410 e. The molecule has 0 spiro atoms. The van der Waals surface area contributed by atoms with E-state index in [1.54, 1.807) is 12.1 Å². The van der Waals surface area contributed by atoms with Gasteiger partial charge in [-0.1, -0.05) is 18.2 Å². The summed E-state index contributed by atoms with van der Waals surface area (Å²) in [6, 6.07) is 9.10. The predicted octanol–water partition coefficient (Wildman–Crippen LogP) is 1.95. The van der Waals surface area contributed by atoms with Crippen molar-refractivity contribution in [3.8, 4) is 11.8 Å². The van der Waals surface area contributed by atoms with Gasteiger partial charge in [-0.25, -0.2) is 4.79 Å². The molecule has 0 fully saturated rings. The van der Waals surface area contributed by atoms with Gasteiger partial charge in [0.25, 0.3) is 0 Å². The second-order valence-electron chi connectivity index (χ2n) is 3.15. The highest BCUT2D eigenvalue weighted by Gasteiger charge is 2.11. The van der Waals surface area contributed by atoms with Crippen molar-refractivity contribution >= 4 is 6.09 Å². The van der Waals surface area contributed by atoms with Crippen LogP contribution in [0, 0.1) is 18.3 Å². The van der Waals surface area contributed by atoms with Crippen LogP contribution in [0.25, 0.3) is 0 Å². The van der Waals surface area contributed by atoms with E-state index in [-0.39, 0.29) is 6.54 Å². The highest BCUT2D eigenvalue weighted by molar-refractivity contribution is 5.71. The normalized spacial score (nSPS) is 9.13. The molecule has 1 rings (SSSR count). The Labute approximate surface area is 88.7 Å². The van der Waals surface area contributed by atoms with Crippen LogP contribution in [-0.2, 0) is 0 Å². The number of ether oxygens (including phenoxy) is 1. The lowest BCUT2D eigenvalue weighted by Gasteiger charge is -2.13. The molecule has 0 aliphatic heterocycles. The summed E-state index contributed by atoms with van der Waals surface area (Å²) in [5.74, 6) is 0.521. The Hall–Kier alpha value is -2.02. The zero-order valence-electron chi connectivity index (χ0n) is 8.73. The van der Waals surface area contributed by atoms with E-state index < -0.39 is 6.09 Å². The lowest BCUT2D eigenvalue weighted by molar-refractivity contribution is 0.167. The van der Waals surface area contributed by atoms with E-state index in [9.17, 15) is 4.79 Å².